The van der Waals surface area contributed by atoms with Crippen molar-refractivity contribution >= 4 is 5.91 Å². The second-order valence-corrected chi connectivity index (χ2v) is 5.11. The summed E-state index contributed by atoms with van der Waals surface area (Å²) in [5.41, 5.74) is 6.73. The minimum Gasteiger partial charge on any atom is -0.497 e. The van der Waals surface area contributed by atoms with E-state index in [1.807, 2.05) is 32.9 Å². The van der Waals surface area contributed by atoms with Gasteiger partial charge in [-0.05, 0) is 25.0 Å². The summed E-state index contributed by atoms with van der Waals surface area (Å²) < 4.78 is 10.5. The first-order valence-corrected chi connectivity index (χ1v) is 6.68. The molecule has 0 bridgehead atoms. The molecule has 112 valence electrons. The van der Waals surface area contributed by atoms with Crippen LogP contribution in [0.4, 0.5) is 0 Å². The van der Waals surface area contributed by atoms with Crippen LogP contribution in [0.15, 0.2) is 18.2 Å². The van der Waals surface area contributed by atoms with Gasteiger partial charge in [-0.2, -0.15) is 0 Å². The fraction of sp³-hybridized carbons (Fsp3) is 0.533. The molecule has 0 aliphatic heterocycles. The van der Waals surface area contributed by atoms with Gasteiger partial charge in [-0.25, -0.2) is 0 Å². The van der Waals surface area contributed by atoms with Crippen LogP contribution in [0.1, 0.15) is 32.4 Å². The Morgan fingerprint density at radius 2 is 1.85 bits per heavy atom. The quantitative estimate of drug-likeness (QED) is 0.834. The van der Waals surface area contributed by atoms with Gasteiger partial charge in [-0.3, -0.25) is 4.79 Å². The van der Waals surface area contributed by atoms with Crippen LogP contribution in [0.25, 0.3) is 0 Å². The zero-order valence-corrected chi connectivity index (χ0v) is 12.8. The lowest BCUT2D eigenvalue weighted by atomic mass is 10.0. The van der Waals surface area contributed by atoms with Crippen LogP contribution in [0.3, 0.4) is 0 Å². The molecule has 0 spiro atoms. The molecule has 0 aromatic heterocycles. The fourth-order valence-electron chi connectivity index (χ4n) is 1.87. The zero-order chi connectivity index (χ0) is 15.3. The van der Waals surface area contributed by atoms with Gasteiger partial charge in [0.1, 0.15) is 11.5 Å². The summed E-state index contributed by atoms with van der Waals surface area (Å²) in [6.45, 7) is 5.74. The van der Waals surface area contributed by atoms with Gasteiger partial charge in [0.25, 0.3) is 0 Å². The summed E-state index contributed by atoms with van der Waals surface area (Å²) in [6.07, 6.45) is 0. The van der Waals surface area contributed by atoms with Crippen molar-refractivity contribution in [3.05, 3.63) is 23.8 Å². The molecule has 1 amide bonds. The van der Waals surface area contributed by atoms with E-state index in [2.05, 4.69) is 5.32 Å². The van der Waals surface area contributed by atoms with Crippen LogP contribution in [0, 0.1) is 5.92 Å². The maximum Gasteiger partial charge on any atom is 0.237 e. The molecule has 0 radical (unpaired) electrons. The Hall–Kier alpha value is -1.75. The summed E-state index contributed by atoms with van der Waals surface area (Å²) in [4.78, 5) is 12.0. The molecule has 3 N–H and O–H groups in total. The molecule has 0 fully saturated rings. The highest BCUT2D eigenvalue weighted by Crippen LogP contribution is 2.29. The lowest BCUT2D eigenvalue weighted by Gasteiger charge is -2.21. The van der Waals surface area contributed by atoms with Crippen molar-refractivity contribution in [2.45, 2.75) is 32.9 Å². The Kier molecular flexibility index (Phi) is 5.82. The summed E-state index contributed by atoms with van der Waals surface area (Å²) in [6, 6.07) is 4.81. The van der Waals surface area contributed by atoms with E-state index in [0.717, 1.165) is 5.56 Å². The monoisotopic (exact) mass is 280 g/mol. The van der Waals surface area contributed by atoms with Gasteiger partial charge < -0.3 is 20.5 Å². The van der Waals surface area contributed by atoms with Crippen molar-refractivity contribution in [1.82, 2.24) is 5.32 Å². The molecular formula is C15H24N2O3. The van der Waals surface area contributed by atoms with Crippen LogP contribution in [0.5, 0.6) is 11.5 Å². The van der Waals surface area contributed by atoms with E-state index in [-0.39, 0.29) is 17.9 Å². The SMILES string of the molecule is COc1ccc(C(C)NC(=O)[C@H](N)C(C)C)c(OC)c1. The number of ether oxygens (including phenoxy) is 2. The normalized spacial score (nSPS) is 13.8. The van der Waals surface area contributed by atoms with Gasteiger partial charge in [-0.15, -0.1) is 0 Å². The number of carbonyl (C=O) groups excluding carboxylic acids is 1. The molecule has 0 saturated heterocycles. The minimum absolute atomic E-state index is 0.0972. The Balaban J connectivity index is 2.87. The van der Waals surface area contributed by atoms with Gasteiger partial charge in [0.2, 0.25) is 5.91 Å². The number of rotatable bonds is 6. The molecule has 0 saturated carbocycles. The summed E-state index contributed by atoms with van der Waals surface area (Å²) in [5.74, 6) is 1.32. The molecular weight excluding hydrogens is 256 g/mol. The van der Waals surface area contributed by atoms with E-state index in [9.17, 15) is 4.79 Å². The second-order valence-electron chi connectivity index (χ2n) is 5.11. The summed E-state index contributed by atoms with van der Waals surface area (Å²) in [7, 11) is 3.19. The number of hydrogen-bond acceptors (Lipinski definition) is 4. The summed E-state index contributed by atoms with van der Waals surface area (Å²) in [5, 5.41) is 2.90. The maximum atomic E-state index is 12.0. The number of nitrogens with two attached hydrogens (primary N) is 1. The predicted molar refractivity (Wildman–Crippen MR) is 78.9 cm³/mol. The van der Waals surface area contributed by atoms with Gasteiger partial charge in [0, 0.05) is 11.6 Å². The van der Waals surface area contributed by atoms with E-state index in [1.54, 1.807) is 20.3 Å². The van der Waals surface area contributed by atoms with Crippen LogP contribution in [-0.2, 0) is 4.79 Å². The minimum atomic E-state index is -0.512. The largest absolute Gasteiger partial charge is 0.497 e. The number of amides is 1. The highest BCUT2D eigenvalue weighted by molar-refractivity contribution is 5.82. The lowest BCUT2D eigenvalue weighted by Crippen LogP contribution is -2.44. The third-order valence-electron chi connectivity index (χ3n) is 3.29. The van der Waals surface area contributed by atoms with Gasteiger partial charge in [0.05, 0.1) is 26.3 Å². The average Bonchev–Trinajstić information content (AvgIpc) is 2.45. The zero-order valence-electron chi connectivity index (χ0n) is 12.8. The number of methoxy groups -OCH3 is 2. The molecule has 0 aliphatic rings. The second kappa shape index (κ2) is 7.14. The van der Waals surface area contributed by atoms with Gasteiger partial charge in [-0.1, -0.05) is 13.8 Å². The smallest absolute Gasteiger partial charge is 0.237 e. The lowest BCUT2D eigenvalue weighted by molar-refractivity contribution is -0.123. The fourth-order valence-corrected chi connectivity index (χ4v) is 1.87. The van der Waals surface area contributed by atoms with Crippen molar-refractivity contribution in [3.8, 4) is 11.5 Å². The first-order chi connectivity index (χ1) is 9.40. The summed E-state index contributed by atoms with van der Waals surface area (Å²) >= 11 is 0. The Bertz CT molecular complexity index is 460. The van der Waals surface area contributed by atoms with E-state index in [1.165, 1.54) is 0 Å². The molecule has 0 heterocycles. The Morgan fingerprint density at radius 3 is 2.35 bits per heavy atom. The predicted octanol–water partition coefficient (Wildman–Crippen LogP) is 1.86. The van der Waals surface area contributed by atoms with Crippen molar-refractivity contribution in [2.75, 3.05) is 14.2 Å². The molecule has 0 aliphatic carbocycles. The van der Waals surface area contributed by atoms with Gasteiger partial charge in [0.15, 0.2) is 0 Å². The first kappa shape index (κ1) is 16.3. The maximum absolute atomic E-state index is 12.0. The third-order valence-corrected chi connectivity index (χ3v) is 3.29. The highest BCUT2D eigenvalue weighted by atomic mass is 16.5. The van der Waals surface area contributed by atoms with Crippen molar-refractivity contribution in [2.24, 2.45) is 11.7 Å². The third kappa shape index (κ3) is 3.87. The number of benzene rings is 1. The topological polar surface area (TPSA) is 73.6 Å². The van der Waals surface area contributed by atoms with Gasteiger partial charge >= 0.3 is 0 Å². The van der Waals surface area contributed by atoms with E-state index in [0.29, 0.717) is 11.5 Å². The Morgan fingerprint density at radius 1 is 1.20 bits per heavy atom. The van der Waals surface area contributed by atoms with Crippen molar-refractivity contribution < 1.29 is 14.3 Å². The number of carbonyl (C=O) groups is 1. The Labute approximate surface area is 120 Å². The van der Waals surface area contributed by atoms with Crippen LogP contribution in [0.2, 0.25) is 0 Å². The standard InChI is InChI=1S/C15H24N2O3/c1-9(2)14(16)15(18)17-10(3)12-7-6-11(19-4)8-13(12)20-5/h6-10,14H,16H2,1-5H3,(H,17,18)/t10?,14-/m1/s1. The van der Waals surface area contributed by atoms with Crippen molar-refractivity contribution in [3.63, 3.8) is 0 Å². The van der Waals surface area contributed by atoms with E-state index in [4.69, 9.17) is 15.2 Å². The highest BCUT2D eigenvalue weighted by Gasteiger charge is 2.21. The molecule has 2 atom stereocenters. The van der Waals surface area contributed by atoms with E-state index < -0.39 is 6.04 Å². The molecule has 20 heavy (non-hydrogen) atoms. The molecule has 1 unspecified atom stereocenters. The van der Waals surface area contributed by atoms with Crippen LogP contribution >= 0.6 is 0 Å². The average molecular weight is 280 g/mol. The molecule has 5 nitrogen and oxygen atoms in total. The number of nitrogens with one attached hydrogen (secondary N) is 1. The van der Waals surface area contributed by atoms with Crippen molar-refractivity contribution in [1.29, 1.82) is 0 Å². The van der Waals surface area contributed by atoms with Crippen LogP contribution in [-0.4, -0.2) is 26.2 Å². The van der Waals surface area contributed by atoms with E-state index >= 15 is 0 Å². The molecule has 1 aromatic rings. The molecule has 1 aromatic carbocycles. The molecule has 5 heteroatoms. The first-order valence-electron chi connectivity index (χ1n) is 6.68. The van der Waals surface area contributed by atoms with Crippen LogP contribution < -0.4 is 20.5 Å². The number of hydrogen-bond donors (Lipinski definition) is 2. The molecule has 1 rings (SSSR count).